The van der Waals surface area contributed by atoms with Crippen LogP contribution in [0.3, 0.4) is 0 Å². The zero-order chi connectivity index (χ0) is 20.5. The fraction of sp³-hybridized carbons (Fsp3) is 0.154. The highest BCUT2D eigenvalue weighted by Crippen LogP contribution is 2.29. The van der Waals surface area contributed by atoms with Gasteiger partial charge in [-0.05, 0) is 41.8 Å². The lowest BCUT2D eigenvalue weighted by Gasteiger charge is -2.29. The van der Waals surface area contributed by atoms with Crippen LogP contribution < -0.4 is 4.74 Å². The number of amides is 1. The van der Waals surface area contributed by atoms with E-state index >= 15 is 0 Å². The number of aromatic nitrogens is 1. The largest absolute Gasteiger partial charge is 0.497 e. The fourth-order valence-electron chi connectivity index (χ4n) is 4.12. The zero-order valence-corrected chi connectivity index (χ0v) is 16.8. The van der Waals surface area contributed by atoms with Crippen molar-refractivity contribution in [2.45, 2.75) is 13.0 Å². The molecule has 1 aromatic heterocycles. The SMILES string of the molecule is COc1cccc(-c2cc(C(=O)N3CCc4ccccc4C3)c3ccccc3n2)c1. The van der Waals surface area contributed by atoms with Crippen LogP contribution in [-0.2, 0) is 13.0 Å². The molecule has 30 heavy (non-hydrogen) atoms. The van der Waals surface area contributed by atoms with E-state index in [0.717, 1.165) is 40.9 Å². The average molecular weight is 394 g/mol. The van der Waals surface area contributed by atoms with E-state index in [9.17, 15) is 4.79 Å². The highest BCUT2D eigenvalue weighted by atomic mass is 16.5. The summed E-state index contributed by atoms with van der Waals surface area (Å²) in [5.74, 6) is 0.815. The Kier molecular flexibility index (Phi) is 4.68. The maximum Gasteiger partial charge on any atom is 0.254 e. The molecule has 4 nitrogen and oxygen atoms in total. The quantitative estimate of drug-likeness (QED) is 0.485. The van der Waals surface area contributed by atoms with E-state index in [4.69, 9.17) is 9.72 Å². The smallest absolute Gasteiger partial charge is 0.254 e. The molecule has 0 N–H and O–H groups in total. The molecule has 2 heterocycles. The molecule has 3 aromatic carbocycles. The molecule has 1 amide bonds. The van der Waals surface area contributed by atoms with Gasteiger partial charge in [-0.2, -0.15) is 0 Å². The summed E-state index contributed by atoms with van der Waals surface area (Å²) in [5, 5.41) is 0.882. The molecule has 4 heteroatoms. The van der Waals surface area contributed by atoms with E-state index < -0.39 is 0 Å². The summed E-state index contributed by atoms with van der Waals surface area (Å²) < 4.78 is 5.37. The summed E-state index contributed by atoms with van der Waals surface area (Å²) in [6.45, 7) is 1.36. The molecule has 4 aromatic rings. The molecule has 0 saturated heterocycles. The lowest BCUT2D eigenvalue weighted by molar-refractivity contribution is 0.0736. The first-order valence-corrected chi connectivity index (χ1v) is 10.1. The first-order chi connectivity index (χ1) is 14.7. The van der Waals surface area contributed by atoms with Gasteiger partial charge in [0.2, 0.25) is 0 Å². The van der Waals surface area contributed by atoms with Gasteiger partial charge >= 0.3 is 0 Å². The lowest BCUT2D eigenvalue weighted by Crippen LogP contribution is -2.36. The van der Waals surface area contributed by atoms with Crippen LogP contribution in [0.2, 0.25) is 0 Å². The van der Waals surface area contributed by atoms with Crippen LogP contribution in [0.25, 0.3) is 22.2 Å². The third kappa shape index (κ3) is 3.30. The summed E-state index contributed by atoms with van der Waals surface area (Å²) in [6.07, 6.45) is 0.883. The minimum Gasteiger partial charge on any atom is -0.497 e. The molecular weight excluding hydrogens is 372 g/mol. The van der Waals surface area contributed by atoms with E-state index in [1.807, 2.05) is 65.6 Å². The molecule has 148 valence electrons. The van der Waals surface area contributed by atoms with E-state index in [-0.39, 0.29) is 5.91 Å². The molecular formula is C26H22N2O2. The van der Waals surface area contributed by atoms with Gasteiger partial charge in [0.25, 0.3) is 5.91 Å². The Morgan fingerprint density at radius 2 is 1.73 bits per heavy atom. The number of fused-ring (bicyclic) bond motifs is 2. The van der Waals surface area contributed by atoms with Crippen molar-refractivity contribution in [3.63, 3.8) is 0 Å². The Morgan fingerprint density at radius 3 is 2.60 bits per heavy atom. The van der Waals surface area contributed by atoms with Crippen LogP contribution in [0.4, 0.5) is 0 Å². The van der Waals surface area contributed by atoms with Crippen LogP contribution in [-0.4, -0.2) is 29.4 Å². The third-order valence-corrected chi connectivity index (χ3v) is 5.73. The van der Waals surface area contributed by atoms with Gasteiger partial charge in [-0.1, -0.05) is 54.6 Å². The van der Waals surface area contributed by atoms with Crippen LogP contribution in [0, 0.1) is 0 Å². The number of carbonyl (C=O) groups is 1. The number of ether oxygens (including phenoxy) is 1. The van der Waals surface area contributed by atoms with Crippen LogP contribution in [0.5, 0.6) is 5.75 Å². The first kappa shape index (κ1) is 18.4. The van der Waals surface area contributed by atoms with Crippen molar-refractivity contribution in [3.05, 3.63) is 95.6 Å². The van der Waals surface area contributed by atoms with Gasteiger partial charge in [0, 0.05) is 24.0 Å². The third-order valence-electron chi connectivity index (χ3n) is 5.73. The van der Waals surface area contributed by atoms with E-state index in [1.165, 1.54) is 11.1 Å². The summed E-state index contributed by atoms with van der Waals surface area (Å²) in [7, 11) is 1.65. The summed E-state index contributed by atoms with van der Waals surface area (Å²) in [6, 6.07) is 25.9. The minimum absolute atomic E-state index is 0.0484. The van der Waals surface area contributed by atoms with E-state index in [0.29, 0.717) is 12.1 Å². The number of nitrogens with zero attached hydrogens (tertiary/aromatic N) is 2. The van der Waals surface area contributed by atoms with Crippen LogP contribution in [0.15, 0.2) is 78.9 Å². The Bertz CT molecular complexity index is 1250. The zero-order valence-electron chi connectivity index (χ0n) is 16.8. The van der Waals surface area contributed by atoms with Gasteiger partial charge in [-0.3, -0.25) is 4.79 Å². The number of carbonyl (C=O) groups excluding carboxylic acids is 1. The lowest BCUT2D eigenvalue weighted by atomic mass is 9.98. The molecule has 0 saturated carbocycles. The first-order valence-electron chi connectivity index (χ1n) is 10.1. The minimum atomic E-state index is 0.0484. The van der Waals surface area contributed by atoms with Crippen molar-refractivity contribution in [1.82, 2.24) is 9.88 Å². The molecule has 0 unspecified atom stereocenters. The molecule has 0 atom stereocenters. The van der Waals surface area contributed by atoms with Gasteiger partial charge in [0.1, 0.15) is 5.75 Å². The van der Waals surface area contributed by atoms with Gasteiger partial charge in [0.15, 0.2) is 0 Å². The number of pyridine rings is 1. The average Bonchev–Trinajstić information content (AvgIpc) is 2.82. The van der Waals surface area contributed by atoms with Crippen LogP contribution in [0.1, 0.15) is 21.5 Å². The Morgan fingerprint density at radius 1 is 0.933 bits per heavy atom. The van der Waals surface area contributed by atoms with Crippen molar-refractivity contribution in [1.29, 1.82) is 0 Å². The Labute approximate surface area is 175 Å². The van der Waals surface area contributed by atoms with Gasteiger partial charge in [-0.25, -0.2) is 4.98 Å². The molecule has 0 bridgehead atoms. The van der Waals surface area contributed by atoms with E-state index in [2.05, 4.69) is 18.2 Å². The highest BCUT2D eigenvalue weighted by Gasteiger charge is 2.24. The monoisotopic (exact) mass is 394 g/mol. The second-order valence-corrected chi connectivity index (χ2v) is 7.55. The van der Waals surface area contributed by atoms with Crippen molar-refractivity contribution >= 4 is 16.8 Å². The molecule has 0 radical (unpaired) electrons. The second-order valence-electron chi connectivity index (χ2n) is 7.55. The van der Waals surface area contributed by atoms with Gasteiger partial charge < -0.3 is 9.64 Å². The highest BCUT2D eigenvalue weighted by molar-refractivity contribution is 6.07. The maximum absolute atomic E-state index is 13.6. The number of benzene rings is 3. The fourth-order valence-corrected chi connectivity index (χ4v) is 4.12. The summed E-state index contributed by atoms with van der Waals surface area (Å²) in [4.78, 5) is 20.4. The number of para-hydroxylation sites is 1. The normalized spacial score (nSPS) is 13.2. The maximum atomic E-state index is 13.6. The molecule has 0 fully saturated rings. The topological polar surface area (TPSA) is 42.4 Å². The summed E-state index contributed by atoms with van der Waals surface area (Å²) in [5.41, 5.74) is 5.77. The van der Waals surface area contributed by atoms with Crippen molar-refractivity contribution in [2.24, 2.45) is 0 Å². The van der Waals surface area contributed by atoms with Gasteiger partial charge in [-0.15, -0.1) is 0 Å². The van der Waals surface area contributed by atoms with Crippen molar-refractivity contribution in [2.75, 3.05) is 13.7 Å². The molecule has 0 aliphatic carbocycles. The van der Waals surface area contributed by atoms with Crippen molar-refractivity contribution in [3.8, 4) is 17.0 Å². The molecule has 1 aliphatic rings. The van der Waals surface area contributed by atoms with Gasteiger partial charge in [0.05, 0.1) is 23.9 Å². The van der Waals surface area contributed by atoms with E-state index in [1.54, 1.807) is 7.11 Å². The second kappa shape index (κ2) is 7.64. The number of methoxy groups -OCH3 is 1. The summed E-state index contributed by atoms with van der Waals surface area (Å²) >= 11 is 0. The number of hydrogen-bond acceptors (Lipinski definition) is 3. The molecule has 1 aliphatic heterocycles. The standard InChI is InChI=1S/C26H22N2O2/c1-30-21-10-6-9-19(15-21)25-16-23(22-11-4-5-12-24(22)27-25)26(29)28-14-13-18-7-2-3-8-20(18)17-28/h2-12,15-16H,13-14,17H2,1H3. The van der Waals surface area contributed by atoms with Crippen molar-refractivity contribution < 1.29 is 9.53 Å². The Balaban J connectivity index is 1.59. The van der Waals surface area contributed by atoms with Crippen LogP contribution >= 0.6 is 0 Å². The number of rotatable bonds is 3. The molecule has 0 spiro atoms. The predicted octanol–water partition coefficient (Wildman–Crippen LogP) is 5.11. The molecule has 5 rings (SSSR count). The Hall–Kier alpha value is -3.66. The predicted molar refractivity (Wildman–Crippen MR) is 119 cm³/mol. The number of hydrogen-bond donors (Lipinski definition) is 0.